The zero-order valence-corrected chi connectivity index (χ0v) is 15.1. The Balaban J connectivity index is 1.66. The summed E-state index contributed by atoms with van der Waals surface area (Å²) in [7, 11) is 0. The molecule has 4 N–H and O–H groups in total. The quantitative estimate of drug-likeness (QED) is 0.585. The molecule has 0 spiro atoms. The predicted molar refractivity (Wildman–Crippen MR) is 98.0 cm³/mol. The van der Waals surface area contributed by atoms with Crippen LogP contribution < -0.4 is 15.8 Å². The number of ether oxygens (including phenoxy) is 1. The molecule has 9 nitrogen and oxygen atoms in total. The third kappa shape index (κ3) is 3.22. The van der Waals surface area contributed by atoms with E-state index in [0.717, 1.165) is 6.20 Å². The van der Waals surface area contributed by atoms with Crippen LogP contribution in [0.3, 0.4) is 0 Å². The van der Waals surface area contributed by atoms with Gasteiger partial charge in [-0.25, -0.2) is 23.7 Å². The van der Waals surface area contributed by atoms with E-state index in [1.165, 1.54) is 10.7 Å². The van der Waals surface area contributed by atoms with Crippen molar-refractivity contribution in [2.24, 2.45) is 5.73 Å². The number of rotatable bonds is 6. The molecule has 10 heteroatoms. The summed E-state index contributed by atoms with van der Waals surface area (Å²) < 4.78 is 21.3. The highest BCUT2D eigenvalue weighted by molar-refractivity contribution is 5.94. The summed E-state index contributed by atoms with van der Waals surface area (Å²) in [6.45, 7) is 2.07. The summed E-state index contributed by atoms with van der Waals surface area (Å²) in [5.74, 6) is -0.681. The maximum absolute atomic E-state index is 14.2. The Morgan fingerprint density at radius 1 is 1.54 bits per heavy atom. The molecule has 0 saturated carbocycles. The molecular weight excluding hydrogens is 367 g/mol. The van der Waals surface area contributed by atoms with Crippen molar-refractivity contribution in [3.8, 4) is 5.88 Å². The zero-order chi connectivity index (χ0) is 19.8. The molecule has 1 aliphatic carbocycles. The number of aromatic carboxylic acids is 1. The molecule has 0 fully saturated rings. The van der Waals surface area contributed by atoms with Crippen molar-refractivity contribution < 1.29 is 19.0 Å². The number of hydrogen-bond acceptors (Lipinski definition) is 7. The van der Waals surface area contributed by atoms with Gasteiger partial charge in [-0.3, -0.25) is 0 Å². The Kier molecular flexibility index (Phi) is 4.55. The number of fused-ring (bicyclic) bond motifs is 2. The van der Waals surface area contributed by atoms with Gasteiger partial charge in [0.25, 0.3) is 0 Å². The van der Waals surface area contributed by atoms with Gasteiger partial charge < -0.3 is 20.9 Å². The summed E-state index contributed by atoms with van der Waals surface area (Å²) in [5, 5.41) is 16.5. The first-order chi connectivity index (χ1) is 13.4. The van der Waals surface area contributed by atoms with Gasteiger partial charge in [-0.2, -0.15) is 5.10 Å². The first kappa shape index (κ1) is 18.1. The molecule has 0 radical (unpaired) electrons. The lowest BCUT2D eigenvalue weighted by Crippen LogP contribution is -2.24. The number of nitrogens with one attached hydrogen (secondary N) is 1. The summed E-state index contributed by atoms with van der Waals surface area (Å²) in [5.41, 5.74) is 7.18. The average molecular weight is 386 g/mol. The number of pyridine rings is 1. The van der Waals surface area contributed by atoms with Crippen molar-refractivity contribution >= 4 is 17.4 Å². The fraction of sp³-hybridized carbons (Fsp3) is 0.333. The Morgan fingerprint density at radius 2 is 2.36 bits per heavy atom. The van der Waals surface area contributed by atoms with Crippen LogP contribution in [0.5, 0.6) is 5.88 Å². The number of anilines is 1. The number of carbonyl (C=O) groups is 1. The summed E-state index contributed by atoms with van der Waals surface area (Å²) >= 11 is 0. The van der Waals surface area contributed by atoms with Gasteiger partial charge >= 0.3 is 5.97 Å². The van der Waals surface area contributed by atoms with Gasteiger partial charge in [0.2, 0.25) is 5.88 Å². The average Bonchev–Trinajstić information content (AvgIpc) is 3.26. The molecule has 28 heavy (non-hydrogen) atoms. The van der Waals surface area contributed by atoms with Crippen molar-refractivity contribution in [3.63, 3.8) is 0 Å². The number of carboxylic acids is 1. The maximum atomic E-state index is 14.2. The van der Waals surface area contributed by atoms with E-state index < -0.39 is 5.97 Å². The monoisotopic (exact) mass is 386 g/mol. The maximum Gasteiger partial charge on any atom is 0.341 e. The standard InChI is InChI=1S/C18H19FN6O3/c1-9(20)8-28-17-15-10(12(19)7-21-17)2-3-13(15)23-14-4-5-25-16(24-14)11(6-22-25)18(26)27/h4-7,9,13H,2-3,8,20H2,1H3,(H,23,24)(H,26,27)/t9-,13?/m0/s1. The molecule has 3 heterocycles. The van der Waals surface area contributed by atoms with E-state index >= 15 is 0 Å². The highest BCUT2D eigenvalue weighted by Gasteiger charge is 2.30. The predicted octanol–water partition coefficient (Wildman–Crippen LogP) is 1.79. The van der Waals surface area contributed by atoms with E-state index in [4.69, 9.17) is 10.5 Å². The highest BCUT2D eigenvalue weighted by atomic mass is 19.1. The molecule has 0 aromatic carbocycles. The minimum Gasteiger partial charge on any atom is -0.477 e. The van der Waals surface area contributed by atoms with Gasteiger partial charge in [0.05, 0.1) is 18.4 Å². The van der Waals surface area contributed by atoms with Crippen LogP contribution in [0, 0.1) is 5.82 Å². The van der Waals surface area contributed by atoms with Gasteiger partial charge in [0.15, 0.2) is 5.65 Å². The van der Waals surface area contributed by atoms with E-state index in [0.29, 0.717) is 35.7 Å². The van der Waals surface area contributed by atoms with E-state index in [2.05, 4.69) is 20.4 Å². The normalized spacial score (nSPS) is 16.8. The number of hydrogen-bond donors (Lipinski definition) is 3. The molecule has 1 aliphatic rings. The third-order valence-corrected chi connectivity index (χ3v) is 4.58. The van der Waals surface area contributed by atoms with Crippen LogP contribution in [0.4, 0.5) is 10.2 Å². The van der Waals surface area contributed by atoms with Gasteiger partial charge in [-0.05, 0) is 25.8 Å². The lowest BCUT2D eigenvalue weighted by Gasteiger charge is -2.18. The number of aromatic nitrogens is 4. The van der Waals surface area contributed by atoms with Crippen LogP contribution in [0.25, 0.3) is 5.65 Å². The van der Waals surface area contributed by atoms with Crippen molar-refractivity contribution in [2.75, 3.05) is 11.9 Å². The Bertz CT molecular complexity index is 1050. The van der Waals surface area contributed by atoms with Crippen LogP contribution in [-0.4, -0.2) is 43.3 Å². The highest BCUT2D eigenvalue weighted by Crippen LogP contribution is 2.39. The summed E-state index contributed by atoms with van der Waals surface area (Å²) in [6, 6.07) is 1.22. The van der Waals surface area contributed by atoms with Crippen molar-refractivity contribution in [1.82, 2.24) is 19.6 Å². The van der Waals surface area contributed by atoms with Crippen LogP contribution in [-0.2, 0) is 6.42 Å². The summed E-state index contributed by atoms with van der Waals surface area (Å²) in [6.07, 6.45) is 5.19. The number of halogens is 1. The van der Waals surface area contributed by atoms with E-state index in [1.54, 1.807) is 12.3 Å². The number of nitrogens with two attached hydrogens (primary N) is 1. The number of carboxylic acid groups (broad SMARTS) is 1. The second-order valence-electron chi connectivity index (χ2n) is 6.77. The molecular formula is C18H19FN6O3. The van der Waals surface area contributed by atoms with Crippen LogP contribution in [0.15, 0.2) is 24.7 Å². The molecule has 2 atom stereocenters. The molecule has 3 aromatic rings. The molecule has 4 rings (SSSR count). The molecule has 0 aliphatic heterocycles. The van der Waals surface area contributed by atoms with E-state index in [-0.39, 0.29) is 35.7 Å². The van der Waals surface area contributed by atoms with Crippen LogP contribution in [0.2, 0.25) is 0 Å². The van der Waals surface area contributed by atoms with Crippen molar-refractivity contribution in [3.05, 3.63) is 47.2 Å². The summed E-state index contributed by atoms with van der Waals surface area (Å²) in [4.78, 5) is 19.8. The van der Waals surface area contributed by atoms with Gasteiger partial charge in [-0.15, -0.1) is 0 Å². The smallest absolute Gasteiger partial charge is 0.341 e. The topological polar surface area (TPSA) is 128 Å². The van der Waals surface area contributed by atoms with E-state index in [1.807, 2.05) is 6.92 Å². The Labute approximate surface area is 159 Å². The first-order valence-corrected chi connectivity index (χ1v) is 8.84. The molecule has 146 valence electrons. The third-order valence-electron chi connectivity index (χ3n) is 4.58. The van der Waals surface area contributed by atoms with Crippen LogP contribution in [0.1, 0.15) is 40.9 Å². The minimum atomic E-state index is -1.11. The second kappa shape index (κ2) is 7.04. The van der Waals surface area contributed by atoms with Crippen molar-refractivity contribution in [2.45, 2.75) is 31.8 Å². The number of nitrogens with zero attached hydrogens (tertiary/aromatic N) is 4. The molecule has 0 bridgehead atoms. The van der Waals surface area contributed by atoms with Gasteiger partial charge in [0, 0.05) is 23.4 Å². The minimum absolute atomic E-state index is 0.00383. The van der Waals surface area contributed by atoms with Crippen molar-refractivity contribution in [1.29, 1.82) is 0 Å². The first-order valence-electron chi connectivity index (χ1n) is 8.84. The lowest BCUT2D eigenvalue weighted by molar-refractivity contribution is 0.0698. The zero-order valence-electron chi connectivity index (χ0n) is 15.1. The molecule has 1 unspecified atom stereocenters. The Hall–Kier alpha value is -3.27. The largest absolute Gasteiger partial charge is 0.477 e. The molecule has 0 amide bonds. The fourth-order valence-electron chi connectivity index (χ4n) is 3.32. The van der Waals surface area contributed by atoms with E-state index in [9.17, 15) is 14.3 Å². The Morgan fingerprint density at radius 3 is 3.11 bits per heavy atom. The fourth-order valence-corrected chi connectivity index (χ4v) is 3.32. The molecule has 0 saturated heterocycles. The lowest BCUT2D eigenvalue weighted by atomic mass is 10.1. The van der Waals surface area contributed by atoms with Gasteiger partial charge in [0.1, 0.15) is 23.8 Å². The SMILES string of the molecule is C[C@H](N)COc1ncc(F)c2c1C(Nc1ccn3ncc(C(=O)O)c3n1)CC2. The second-order valence-corrected chi connectivity index (χ2v) is 6.77. The molecule has 3 aromatic heterocycles. The van der Waals surface area contributed by atoms with Gasteiger partial charge in [-0.1, -0.05) is 0 Å². The van der Waals surface area contributed by atoms with Crippen LogP contribution >= 0.6 is 0 Å².